The van der Waals surface area contributed by atoms with Crippen LogP contribution < -0.4 is 5.32 Å². The maximum atomic E-state index is 13.3. The Balaban J connectivity index is 2.53. The van der Waals surface area contributed by atoms with E-state index in [1.807, 2.05) is 13.8 Å². The highest BCUT2D eigenvalue weighted by Gasteiger charge is 2.16. The van der Waals surface area contributed by atoms with Gasteiger partial charge in [-0.05, 0) is 25.1 Å². The highest BCUT2D eigenvalue weighted by Crippen LogP contribution is 2.14. The molecule has 0 bridgehead atoms. The van der Waals surface area contributed by atoms with Gasteiger partial charge in [0.15, 0.2) is 5.78 Å². The number of halogens is 2. The van der Waals surface area contributed by atoms with Crippen LogP contribution in [0.25, 0.3) is 0 Å². The predicted octanol–water partition coefficient (Wildman–Crippen LogP) is 2.93. The number of Topliss-reactive ketones (excluding diaryl/α,β-unsaturated/α-hetero) is 1. The molecule has 1 aromatic carbocycles. The monoisotopic (exact) mass is 241 g/mol. The normalized spacial score (nSPS) is 10.9. The van der Waals surface area contributed by atoms with E-state index in [0.717, 1.165) is 12.1 Å². The Morgan fingerprint density at radius 3 is 2.41 bits per heavy atom. The fourth-order valence-electron chi connectivity index (χ4n) is 1.53. The van der Waals surface area contributed by atoms with Crippen LogP contribution in [0, 0.1) is 11.6 Å². The predicted molar refractivity (Wildman–Crippen MR) is 63.1 cm³/mol. The third-order valence-corrected chi connectivity index (χ3v) is 2.37. The van der Waals surface area contributed by atoms with Crippen molar-refractivity contribution in [3.63, 3.8) is 0 Å². The van der Waals surface area contributed by atoms with Crippen molar-refractivity contribution in [2.75, 3.05) is 6.54 Å². The lowest BCUT2D eigenvalue weighted by Crippen LogP contribution is -2.24. The van der Waals surface area contributed by atoms with E-state index in [1.54, 1.807) is 0 Å². The lowest BCUT2D eigenvalue weighted by molar-refractivity contribution is 0.0971. The van der Waals surface area contributed by atoms with E-state index in [0.29, 0.717) is 19.0 Å². The molecule has 0 aromatic heterocycles. The molecule has 17 heavy (non-hydrogen) atoms. The molecule has 1 aromatic rings. The lowest BCUT2D eigenvalue weighted by Gasteiger charge is -2.07. The van der Waals surface area contributed by atoms with E-state index >= 15 is 0 Å². The fraction of sp³-hybridized carbons (Fsp3) is 0.462. The molecular formula is C13H17F2NO. The Kier molecular flexibility index (Phi) is 5.22. The minimum Gasteiger partial charge on any atom is -0.315 e. The van der Waals surface area contributed by atoms with Gasteiger partial charge in [-0.1, -0.05) is 19.9 Å². The second-order valence-corrected chi connectivity index (χ2v) is 4.23. The van der Waals surface area contributed by atoms with E-state index < -0.39 is 23.0 Å². The summed E-state index contributed by atoms with van der Waals surface area (Å²) in [6.45, 7) is 4.66. The molecule has 0 atom stereocenters. The number of carbonyl (C=O) groups excluding carboxylic acids is 1. The van der Waals surface area contributed by atoms with Crippen molar-refractivity contribution in [1.82, 2.24) is 5.32 Å². The van der Waals surface area contributed by atoms with Gasteiger partial charge in [0.2, 0.25) is 0 Å². The zero-order valence-electron chi connectivity index (χ0n) is 10.1. The maximum Gasteiger partial charge on any atom is 0.168 e. The quantitative estimate of drug-likeness (QED) is 0.613. The summed E-state index contributed by atoms with van der Waals surface area (Å²) in [4.78, 5) is 11.6. The Hall–Kier alpha value is -1.29. The molecule has 0 saturated heterocycles. The van der Waals surface area contributed by atoms with Crippen molar-refractivity contribution in [2.45, 2.75) is 32.7 Å². The van der Waals surface area contributed by atoms with E-state index in [1.165, 1.54) is 6.07 Å². The van der Waals surface area contributed by atoms with Gasteiger partial charge in [-0.3, -0.25) is 4.79 Å². The molecule has 4 heteroatoms. The number of rotatable bonds is 6. The van der Waals surface area contributed by atoms with Gasteiger partial charge in [-0.15, -0.1) is 0 Å². The van der Waals surface area contributed by atoms with Crippen LogP contribution in [-0.2, 0) is 0 Å². The van der Waals surface area contributed by atoms with Crippen molar-refractivity contribution in [2.24, 2.45) is 0 Å². The second kappa shape index (κ2) is 6.45. The third-order valence-electron chi connectivity index (χ3n) is 2.37. The van der Waals surface area contributed by atoms with E-state index in [-0.39, 0.29) is 6.42 Å². The first-order valence-electron chi connectivity index (χ1n) is 5.73. The van der Waals surface area contributed by atoms with Crippen molar-refractivity contribution >= 4 is 5.78 Å². The summed E-state index contributed by atoms with van der Waals surface area (Å²) in [7, 11) is 0. The number of hydrogen-bond acceptors (Lipinski definition) is 2. The van der Waals surface area contributed by atoms with Gasteiger partial charge in [-0.25, -0.2) is 8.78 Å². The van der Waals surface area contributed by atoms with Crippen LogP contribution in [0.3, 0.4) is 0 Å². The lowest BCUT2D eigenvalue weighted by atomic mass is 10.1. The third kappa shape index (κ3) is 4.23. The molecule has 0 aliphatic rings. The summed E-state index contributed by atoms with van der Waals surface area (Å²) in [6.07, 6.45) is 0.725. The van der Waals surface area contributed by atoms with Gasteiger partial charge in [-0.2, -0.15) is 0 Å². The molecule has 0 amide bonds. The molecule has 1 rings (SSSR count). The highest BCUT2D eigenvalue weighted by atomic mass is 19.1. The first kappa shape index (κ1) is 13.8. The smallest absolute Gasteiger partial charge is 0.168 e. The minimum atomic E-state index is -0.785. The van der Waals surface area contributed by atoms with Crippen LogP contribution in [0.1, 0.15) is 37.0 Å². The van der Waals surface area contributed by atoms with Gasteiger partial charge in [0, 0.05) is 12.5 Å². The van der Waals surface area contributed by atoms with Crippen LogP contribution in [0.15, 0.2) is 18.2 Å². The van der Waals surface area contributed by atoms with Crippen LogP contribution >= 0.6 is 0 Å². The maximum absolute atomic E-state index is 13.3. The molecular weight excluding hydrogens is 224 g/mol. The van der Waals surface area contributed by atoms with Gasteiger partial charge < -0.3 is 5.32 Å². The molecule has 0 unspecified atom stereocenters. The van der Waals surface area contributed by atoms with Crippen molar-refractivity contribution in [3.8, 4) is 0 Å². The molecule has 0 saturated carbocycles. The molecule has 0 spiro atoms. The molecule has 0 aliphatic carbocycles. The van der Waals surface area contributed by atoms with Crippen molar-refractivity contribution in [1.29, 1.82) is 0 Å². The van der Waals surface area contributed by atoms with Gasteiger partial charge in [0.05, 0.1) is 5.56 Å². The molecule has 0 aliphatic heterocycles. The molecule has 2 nitrogen and oxygen atoms in total. The van der Waals surface area contributed by atoms with E-state index in [4.69, 9.17) is 0 Å². The SMILES string of the molecule is CC(C)NCCCC(=O)c1c(F)cccc1F. The summed E-state index contributed by atoms with van der Waals surface area (Å²) in [5, 5.41) is 3.14. The van der Waals surface area contributed by atoms with E-state index in [2.05, 4.69) is 5.32 Å². The first-order chi connectivity index (χ1) is 8.02. The minimum absolute atomic E-state index is 0.150. The molecule has 0 heterocycles. The second-order valence-electron chi connectivity index (χ2n) is 4.23. The molecule has 1 N–H and O–H groups in total. The molecule has 0 radical (unpaired) electrons. The van der Waals surface area contributed by atoms with Crippen LogP contribution in [0.4, 0.5) is 8.78 Å². The van der Waals surface area contributed by atoms with Gasteiger partial charge >= 0.3 is 0 Å². The summed E-state index contributed by atoms with van der Waals surface area (Å²) < 4.78 is 26.5. The van der Waals surface area contributed by atoms with Crippen molar-refractivity contribution in [3.05, 3.63) is 35.4 Å². The number of hydrogen-bond donors (Lipinski definition) is 1. The Bertz CT molecular complexity index is 371. The van der Waals surface area contributed by atoms with E-state index in [9.17, 15) is 13.6 Å². The Morgan fingerprint density at radius 1 is 1.29 bits per heavy atom. The number of carbonyl (C=O) groups is 1. The summed E-state index contributed by atoms with van der Waals surface area (Å²) in [5.74, 6) is -2.05. The topological polar surface area (TPSA) is 29.1 Å². The van der Waals surface area contributed by atoms with Crippen LogP contribution in [0.2, 0.25) is 0 Å². The van der Waals surface area contributed by atoms with Crippen LogP contribution in [-0.4, -0.2) is 18.4 Å². The summed E-state index contributed by atoms with van der Waals surface area (Å²) in [5.41, 5.74) is -0.419. The summed E-state index contributed by atoms with van der Waals surface area (Å²) >= 11 is 0. The number of benzene rings is 1. The molecule has 0 fully saturated rings. The fourth-order valence-corrected chi connectivity index (χ4v) is 1.53. The number of nitrogens with one attached hydrogen (secondary N) is 1. The van der Waals surface area contributed by atoms with Crippen molar-refractivity contribution < 1.29 is 13.6 Å². The summed E-state index contributed by atoms with van der Waals surface area (Å²) in [6, 6.07) is 3.79. The Labute approximate surface area is 100 Å². The first-order valence-corrected chi connectivity index (χ1v) is 5.73. The number of ketones is 1. The zero-order chi connectivity index (χ0) is 12.8. The molecule has 94 valence electrons. The average molecular weight is 241 g/mol. The van der Waals surface area contributed by atoms with Gasteiger partial charge in [0.25, 0.3) is 0 Å². The average Bonchev–Trinajstić information content (AvgIpc) is 2.24. The highest BCUT2D eigenvalue weighted by molar-refractivity contribution is 5.96. The zero-order valence-corrected chi connectivity index (χ0v) is 10.1. The van der Waals surface area contributed by atoms with Gasteiger partial charge in [0.1, 0.15) is 11.6 Å². The van der Waals surface area contributed by atoms with Crippen LogP contribution in [0.5, 0.6) is 0 Å². The largest absolute Gasteiger partial charge is 0.315 e. The standard InChI is InChI=1S/C13H17F2NO/c1-9(2)16-8-4-7-12(17)13-10(14)5-3-6-11(13)15/h3,5-6,9,16H,4,7-8H2,1-2H3. The Morgan fingerprint density at radius 2 is 1.88 bits per heavy atom.